The lowest BCUT2D eigenvalue weighted by Crippen LogP contribution is -2.49. The molecule has 1 aliphatic rings. The second kappa shape index (κ2) is 10.9. The van der Waals surface area contributed by atoms with Gasteiger partial charge in [-0.25, -0.2) is 4.98 Å². The second-order valence-electron chi connectivity index (χ2n) is 6.80. The molecule has 2 amide bonds. The van der Waals surface area contributed by atoms with Crippen molar-refractivity contribution in [2.75, 3.05) is 44.3 Å². The number of primary amides is 1. The van der Waals surface area contributed by atoms with E-state index in [2.05, 4.69) is 11.8 Å². The van der Waals surface area contributed by atoms with Crippen molar-refractivity contribution in [1.82, 2.24) is 9.88 Å². The molecule has 27 heavy (non-hydrogen) atoms. The summed E-state index contributed by atoms with van der Waals surface area (Å²) in [5.74, 6) is 0.629. The highest BCUT2D eigenvalue weighted by Gasteiger charge is 2.22. The monoisotopic (exact) mass is 376 g/mol. The van der Waals surface area contributed by atoms with Gasteiger partial charge in [0, 0.05) is 45.8 Å². The van der Waals surface area contributed by atoms with E-state index < -0.39 is 5.91 Å². The van der Waals surface area contributed by atoms with Gasteiger partial charge in [-0.2, -0.15) is 0 Å². The minimum absolute atomic E-state index is 0.241. The molecule has 0 atom stereocenters. The highest BCUT2D eigenvalue weighted by molar-refractivity contribution is 5.94. The number of carbonyl (C=O) groups is 2. The number of hydrogen-bond acceptors (Lipinski definition) is 5. The summed E-state index contributed by atoms with van der Waals surface area (Å²) >= 11 is 0. The molecule has 1 fully saturated rings. The summed E-state index contributed by atoms with van der Waals surface area (Å²) in [6.07, 6.45) is 4.06. The van der Waals surface area contributed by atoms with Gasteiger partial charge in [-0.1, -0.05) is 13.3 Å². The van der Waals surface area contributed by atoms with Crippen LogP contribution >= 0.6 is 0 Å². The zero-order valence-corrected chi connectivity index (χ0v) is 16.6. The van der Waals surface area contributed by atoms with Gasteiger partial charge in [-0.15, -0.1) is 0 Å². The number of nitrogens with zero attached hydrogens (tertiary/aromatic N) is 3. The minimum Gasteiger partial charge on any atom is -0.382 e. The Hall–Kier alpha value is -2.15. The van der Waals surface area contributed by atoms with Crippen LogP contribution in [0.15, 0.2) is 12.1 Å². The number of anilines is 1. The molecular formula is C20H32N4O3. The number of aromatic nitrogens is 1. The fourth-order valence-corrected chi connectivity index (χ4v) is 3.24. The van der Waals surface area contributed by atoms with Crippen molar-refractivity contribution in [3.63, 3.8) is 0 Å². The fraction of sp³-hybridized carbons (Fsp3) is 0.650. The Morgan fingerprint density at radius 3 is 2.52 bits per heavy atom. The number of ether oxygens (including phenoxy) is 1. The summed E-state index contributed by atoms with van der Waals surface area (Å²) in [6, 6.07) is 3.61. The molecule has 0 unspecified atom stereocenters. The second-order valence-corrected chi connectivity index (χ2v) is 6.80. The van der Waals surface area contributed by atoms with E-state index >= 15 is 0 Å². The summed E-state index contributed by atoms with van der Waals surface area (Å²) < 4.78 is 5.37. The summed E-state index contributed by atoms with van der Waals surface area (Å²) in [7, 11) is 0. The normalized spacial score (nSPS) is 14.4. The highest BCUT2D eigenvalue weighted by Crippen LogP contribution is 2.19. The van der Waals surface area contributed by atoms with Gasteiger partial charge in [-0.3, -0.25) is 9.59 Å². The van der Waals surface area contributed by atoms with Gasteiger partial charge < -0.3 is 20.3 Å². The maximum absolute atomic E-state index is 12.2. The van der Waals surface area contributed by atoms with Crippen LogP contribution in [-0.2, 0) is 16.0 Å². The van der Waals surface area contributed by atoms with Crippen molar-refractivity contribution >= 4 is 17.6 Å². The first-order valence-electron chi connectivity index (χ1n) is 9.97. The number of hydrogen-bond donors (Lipinski definition) is 1. The first-order valence-corrected chi connectivity index (χ1v) is 9.97. The van der Waals surface area contributed by atoms with E-state index in [0.717, 1.165) is 43.9 Å². The molecular weight excluding hydrogens is 344 g/mol. The maximum Gasteiger partial charge on any atom is 0.250 e. The Kier molecular flexibility index (Phi) is 8.51. The van der Waals surface area contributed by atoms with Gasteiger partial charge in [0.2, 0.25) is 5.91 Å². The van der Waals surface area contributed by atoms with Crippen LogP contribution < -0.4 is 10.6 Å². The summed E-state index contributed by atoms with van der Waals surface area (Å²) in [6.45, 7) is 8.29. The van der Waals surface area contributed by atoms with E-state index in [1.165, 1.54) is 0 Å². The van der Waals surface area contributed by atoms with E-state index in [0.29, 0.717) is 44.7 Å². The maximum atomic E-state index is 12.2. The van der Waals surface area contributed by atoms with Crippen molar-refractivity contribution in [3.8, 4) is 0 Å². The molecule has 1 aliphatic heterocycles. The first kappa shape index (κ1) is 21.2. The third kappa shape index (κ3) is 6.20. The number of piperazine rings is 1. The quantitative estimate of drug-likeness (QED) is 0.631. The van der Waals surface area contributed by atoms with Crippen LogP contribution in [0.1, 0.15) is 55.6 Å². The summed E-state index contributed by atoms with van der Waals surface area (Å²) in [5.41, 5.74) is 6.70. The van der Waals surface area contributed by atoms with Crippen molar-refractivity contribution in [2.24, 2.45) is 5.73 Å². The number of pyridine rings is 1. The Bertz CT molecular complexity index is 628. The Labute approximate surface area is 161 Å². The average molecular weight is 377 g/mol. The Morgan fingerprint density at radius 1 is 1.15 bits per heavy atom. The molecule has 1 saturated heterocycles. The zero-order chi connectivity index (χ0) is 19.6. The molecule has 0 saturated carbocycles. The molecule has 150 valence electrons. The minimum atomic E-state index is -0.452. The van der Waals surface area contributed by atoms with Crippen LogP contribution in [0.25, 0.3) is 0 Å². The smallest absolute Gasteiger partial charge is 0.250 e. The topological polar surface area (TPSA) is 88.8 Å². The molecule has 2 rings (SSSR count). The summed E-state index contributed by atoms with van der Waals surface area (Å²) in [5, 5.41) is 0. The molecule has 1 aromatic heterocycles. The van der Waals surface area contributed by atoms with Crippen LogP contribution in [0.4, 0.5) is 5.82 Å². The third-order valence-corrected chi connectivity index (χ3v) is 4.83. The standard InChI is InChI=1S/C20H32N4O3/c1-3-5-8-19(25)24-13-11-23(12-14-24)18-10-9-16(20(21)26)17(22-18)7-6-15-27-4-2/h9-10H,3-8,11-15H2,1-2H3,(H2,21,26). The molecule has 0 bridgehead atoms. The number of carbonyl (C=O) groups excluding carboxylic acids is 2. The molecule has 7 heteroatoms. The van der Waals surface area contributed by atoms with Gasteiger partial charge in [-0.05, 0) is 38.3 Å². The molecule has 0 aliphatic carbocycles. The number of rotatable bonds is 10. The SMILES string of the molecule is CCCCC(=O)N1CCN(c2ccc(C(N)=O)c(CCCOCC)n2)CC1. The molecule has 1 aromatic rings. The van der Waals surface area contributed by atoms with Gasteiger partial charge in [0.15, 0.2) is 0 Å². The van der Waals surface area contributed by atoms with Crippen molar-refractivity contribution in [3.05, 3.63) is 23.4 Å². The van der Waals surface area contributed by atoms with Gasteiger partial charge in [0.25, 0.3) is 5.91 Å². The number of unbranched alkanes of at least 4 members (excludes halogenated alkanes) is 1. The largest absolute Gasteiger partial charge is 0.382 e. The lowest BCUT2D eigenvalue weighted by atomic mass is 10.1. The number of nitrogens with two attached hydrogens (primary N) is 1. The highest BCUT2D eigenvalue weighted by atomic mass is 16.5. The lowest BCUT2D eigenvalue weighted by Gasteiger charge is -2.35. The molecule has 0 spiro atoms. The Morgan fingerprint density at radius 2 is 1.89 bits per heavy atom. The number of aryl methyl sites for hydroxylation is 1. The third-order valence-electron chi connectivity index (χ3n) is 4.83. The lowest BCUT2D eigenvalue weighted by molar-refractivity contribution is -0.131. The van der Waals surface area contributed by atoms with Gasteiger partial charge in [0.1, 0.15) is 5.82 Å². The van der Waals surface area contributed by atoms with E-state index in [-0.39, 0.29) is 5.91 Å². The zero-order valence-electron chi connectivity index (χ0n) is 16.6. The number of amides is 2. The van der Waals surface area contributed by atoms with Crippen LogP contribution in [-0.4, -0.2) is 61.1 Å². The molecule has 0 radical (unpaired) electrons. The van der Waals surface area contributed by atoms with Crippen LogP contribution in [0.2, 0.25) is 0 Å². The molecule has 7 nitrogen and oxygen atoms in total. The van der Waals surface area contributed by atoms with E-state index in [1.54, 1.807) is 6.07 Å². The van der Waals surface area contributed by atoms with Crippen molar-refractivity contribution in [2.45, 2.75) is 46.0 Å². The average Bonchev–Trinajstić information content (AvgIpc) is 2.69. The van der Waals surface area contributed by atoms with Crippen molar-refractivity contribution in [1.29, 1.82) is 0 Å². The van der Waals surface area contributed by atoms with Gasteiger partial charge >= 0.3 is 0 Å². The van der Waals surface area contributed by atoms with Crippen LogP contribution in [0, 0.1) is 0 Å². The molecule has 2 N–H and O–H groups in total. The van der Waals surface area contributed by atoms with Crippen molar-refractivity contribution < 1.29 is 14.3 Å². The summed E-state index contributed by atoms with van der Waals surface area (Å²) in [4.78, 5) is 32.7. The van der Waals surface area contributed by atoms with E-state index in [1.807, 2.05) is 17.9 Å². The van der Waals surface area contributed by atoms with Crippen LogP contribution in [0.5, 0.6) is 0 Å². The first-order chi connectivity index (χ1) is 13.1. The van der Waals surface area contributed by atoms with Gasteiger partial charge in [0.05, 0.1) is 11.3 Å². The predicted molar refractivity (Wildman–Crippen MR) is 106 cm³/mol. The fourth-order valence-electron chi connectivity index (χ4n) is 3.24. The molecule has 2 heterocycles. The predicted octanol–water partition coefficient (Wildman–Crippen LogP) is 1.99. The van der Waals surface area contributed by atoms with Crippen LogP contribution in [0.3, 0.4) is 0 Å². The Balaban J connectivity index is 1.99. The van der Waals surface area contributed by atoms with E-state index in [4.69, 9.17) is 15.5 Å². The van der Waals surface area contributed by atoms with E-state index in [9.17, 15) is 9.59 Å². The molecule has 0 aromatic carbocycles.